The van der Waals surface area contributed by atoms with E-state index in [0.717, 1.165) is 37.9 Å². The van der Waals surface area contributed by atoms with E-state index in [2.05, 4.69) is 26.7 Å². The molecule has 182 valence electrons. The fourth-order valence-corrected chi connectivity index (χ4v) is 5.89. The first-order chi connectivity index (χ1) is 16.4. The largest absolute Gasteiger partial charge is 0.497 e. The van der Waals surface area contributed by atoms with Crippen LogP contribution in [-0.4, -0.2) is 52.8 Å². The Balaban J connectivity index is 1.39. The molecular formula is C26H31ClN2O4S. The molecule has 8 heteroatoms. The maximum atomic E-state index is 12.3. The Bertz CT molecular complexity index is 1110. The van der Waals surface area contributed by atoms with E-state index in [-0.39, 0.29) is 0 Å². The van der Waals surface area contributed by atoms with Gasteiger partial charge in [0.2, 0.25) is 0 Å². The number of nitrogens with zero attached hydrogens (tertiary/aromatic N) is 2. The highest BCUT2D eigenvalue weighted by atomic mass is 35.5. The van der Waals surface area contributed by atoms with Gasteiger partial charge in [-0.05, 0) is 98.7 Å². The zero-order chi connectivity index (χ0) is 24.1. The molecule has 0 radical (unpaired) electrons. The fourth-order valence-electron chi connectivity index (χ4n) is 4.91. The number of methoxy groups -OCH3 is 1. The summed E-state index contributed by atoms with van der Waals surface area (Å²) in [4.78, 5) is 19.0. The number of benzene rings is 1. The number of aryl methyl sites for hydroxylation is 1. The topological polar surface area (TPSA) is 82.9 Å². The molecule has 0 aliphatic carbocycles. The number of fused-ring (bicyclic) bond motifs is 1. The lowest BCUT2D eigenvalue weighted by Crippen LogP contribution is -2.44. The number of aliphatic hydroxyl groups excluding tert-OH is 1. The monoisotopic (exact) mass is 502 g/mol. The minimum atomic E-state index is -0.884. The molecule has 1 atom stereocenters. The zero-order valence-electron chi connectivity index (χ0n) is 19.4. The summed E-state index contributed by atoms with van der Waals surface area (Å²) >= 11 is 8.15. The molecule has 4 rings (SSSR count). The van der Waals surface area contributed by atoms with Crippen molar-refractivity contribution in [2.24, 2.45) is 5.41 Å². The number of thiophene rings is 1. The van der Waals surface area contributed by atoms with E-state index in [9.17, 15) is 15.0 Å². The molecule has 2 N–H and O–H groups in total. The lowest BCUT2D eigenvalue weighted by molar-refractivity contribution is -0.153. The SMILES string of the molecule is COc1ccc2ncc(Cl)c([C@@H](O)CCC3(C(=O)O)CCN(CCCc4ccsc4)CC3)c2c1. The summed E-state index contributed by atoms with van der Waals surface area (Å²) < 4.78 is 5.32. The predicted molar refractivity (Wildman–Crippen MR) is 136 cm³/mol. The number of likely N-dealkylation sites (tertiary alicyclic amines) is 1. The Labute approximate surface area is 209 Å². The van der Waals surface area contributed by atoms with Gasteiger partial charge in [0.05, 0.1) is 29.2 Å². The first-order valence-electron chi connectivity index (χ1n) is 11.7. The number of carbonyl (C=O) groups is 1. The number of aromatic nitrogens is 1. The number of ether oxygens (including phenoxy) is 1. The third-order valence-corrected chi connectivity index (χ3v) is 8.12. The molecule has 0 spiro atoms. The number of pyridine rings is 1. The molecule has 1 aliphatic rings. The van der Waals surface area contributed by atoms with E-state index in [4.69, 9.17) is 16.3 Å². The molecule has 0 bridgehead atoms. The molecule has 1 aliphatic heterocycles. The molecule has 1 saturated heterocycles. The van der Waals surface area contributed by atoms with Gasteiger partial charge in [0.25, 0.3) is 0 Å². The standard InChI is InChI=1S/C26H31ClN2O4S/c1-33-19-4-5-22-20(15-19)24(21(27)16-28-22)23(30)6-8-26(25(31)32)9-12-29(13-10-26)11-2-3-18-7-14-34-17-18/h4-5,7,14-17,23,30H,2-3,6,8-13H2,1H3,(H,31,32)/t23-/m0/s1. The van der Waals surface area contributed by atoms with E-state index in [1.54, 1.807) is 18.4 Å². The van der Waals surface area contributed by atoms with Crippen molar-refractivity contribution in [3.63, 3.8) is 0 Å². The molecule has 3 aromatic rings. The van der Waals surface area contributed by atoms with Crippen LogP contribution >= 0.6 is 22.9 Å². The van der Waals surface area contributed by atoms with Gasteiger partial charge in [-0.15, -0.1) is 0 Å². The molecule has 0 saturated carbocycles. The van der Waals surface area contributed by atoms with Crippen molar-refractivity contribution in [2.75, 3.05) is 26.7 Å². The van der Waals surface area contributed by atoms with Crippen LogP contribution in [-0.2, 0) is 11.2 Å². The first kappa shape index (κ1) is 24.9. The van der Waals surface area contributed by atoms with Gasteiger partial charge in [-0.2, -0.15) is 11.3 Å². The van der Waals surface area contributed by atoms with Crippen LogP contribution in [0.4, 0.5) is 0 Å². The highest BCUT2D eigenvalue weighted by molar-refractivity contribution is 7.07. The van der Waals surface area contributed by atoms with Gasteiger partial charge in [0, 0.05) is 17.1 Å². The number of aliphatic carboxylic acids is 1. The number of piperidine rings is 1. The maximum absolute atomic E-state index is 12.3. The van der Waals surface area contributed by atoms with Gasteiger partial charge in [-0.1, -0.05) is 11.6 Å². The molecule has 0 amide bonds. The third kappa shape index (κ3) is 5.54. The number of hydrogen-bond donors (Lipinski definition) is 2. The minimum Gasteiger partial charge on any atom is -0.497 e. The van der Waals surface area contributed by atoms with Gasteiger partial charge in [-0.3, -0.25) is 9.78 Å². The number of carboxylic acid groups (broad SMARTS) is 1. The van der Waals surface area contributed by atoms with Crippen LogP contribution in [0, 0.1) is 5.41 Å². The average molecular weight is 503 g/mol. The van der Waals surface area contributed by atoms with Crippen molar-refractivity contribution in [2.45, 2.75) is 44.6 Å². The Morgan fingerprint density at radius 1 is 1.32 bits per heavy atom. The molecule has 34 heavy (non-hydrogen) atoms. The average Bonchev–Trinajstić information content (AvgIpc) is 3.36. The molecule has 3 heterocycles. The van der Waals surface area contributed by atoms with Crippen LogP contribution in [0.1, 0.15) is 49.3 Å². The zero-order valence-corrected chi connectivity index (χ0v) is 20.9. The van der Waals surface area contributed by atoms with Crippen molar-refractivity contribution in [3.8, 4) is 5.75 Å². The Hall–Kier alpha value is -2.19. The summed E-state index contributed by atoms with van der Waals surface area (Å²) in [6.07, 6.45) is 4.69. The van der Waals surface area contributed by atoms with Crippen LogP contribution in [0.5, 0.6) is 5.75 Å². The minimum absolute atomic E-state index is 0.320. The molecule has 2 aromatic heterocycles. The Morgan fingerprint density at radius 2 is 2.12 bits per heavy atom. The van der Waals surface area contributed by atoms with E-state index in [0.29, 0.717) is 47.5 Å². The van der Waals surface area contributed by atoms with Crippen molar-refractivity contribution in [3.05, 3.63) is 57.4 Å². The summed E-state index contributed by atoms with van der Waals surface area (Å²) in [5.74, 6) is -0.122. The quantitative estimate of drug-likeness (QED) is 0.377. The highest BCUT2D eigenvalue weighted by Crippen LogP contribution is 2.41. The van der Waals surface area contributed by atoms with Crippen molar-refractivity contribution < 1.29 is 19.7 Å². The summed E-state index contributed by atoms with van der Waals surface area (Å²) in [5.41, 5.74) is 1.84. The van der Waals surface area contributed by atoms with Crippen molar-refractivity contribution in [1.82, 2.24) is 9.88 Å². The van der Waals surface area contributed by atoms with Gasteiger partial charge >= 0.3 is 5.97 Å². The van der Waals surface area contributed by atoms with Crippen molar-refractivity contribution >= 4 is 39.8 Å². The molecule has 1 fully saturated rings. The molecular weight excluding hydrogens is 472 g/mol. The normalized spacial score (nSPS) is 17.0. The molecule has 1 aromatic carbocycles. The van der Waals surface area contributed by atoms with Gasteiger partial charge in [0.15, 0.2) is 0 Å². The Morgan fingerprint density at radius 3 is 2.79 bits per heavy atom. The summed E-state index contributed by atoms with van der Waals surface area (Å²) in [5, 5.41) is 26.6. The lowest BCUT2D eigenvalue weighted by Gasteiger charge is -2.39. The summed E-state index contributed by atoms with van der Waals surface area (Å²) in [7, 11) is 1.58. The second-order valence-electron chi connectivity index (χ2n) is 9.12. The van der Waals surface area contributed by atoms with Gasteiger partial charge in [-0.25, -0.2) is 0 Å². The number of rotatable bonds is 10. The first-order valence-corrected chi connectivity index (χ1v) is 13.0. The van der Waals surface area contributed by atoms with Crippen LogP contribution < -0.4 is 4.74 Å². The maximum Gasteiger partial charge on any atom is 0.309 e. The van der Waals surface area contributed by atoms with E-state index in [1.165, 1.54) is 11.8 Å². The fraction of sp³-hybridized carbons (Fsp3) is 0.462. The van der Waals surface area contributed by atoms with Gasteiger partial charge < -0.3 is 19.8 Å². The second-order valence-corrected chi connectivity index (χ2v) is 10.3. The van der Waals surface area contributed by atoms with Crippen LogP contribution in [0.3, 0.4) is 0 Å². The summed E-state index contributed by atoms with van der Waals surface area (Å²) in [6.45, 7) is 2.51. The second kappa shape index (κ2) is 11.0. The van der Waals surface area contributed by atoms with Crippen LogP contribution in [0.25, 0.3) is 10.9 Å². The van der Waals surface area contributed by atoms with Gasteiger partial charge in [0.1, 0.15) is 5.75 Å². The smallest absolute Gasteiger partial charge is 0.309 e. The summed E-state index contributed by atoms with van der Waals surface area (Å²) in [6, 6.07) is 7.62. The number of aliphatic hydroxyl groups is 1. The van der Waals surface area contributed by atoms with E-state index >= 15 is 0 Å². The van der Waals surface area contributed by atoms with Crippen molar-refractivity contribution in [1.29, 1.82) is 0 Å². The number of carboxylic acids is 1. The molecule has 0 unspecified atom stereocenters. The number of halogens is 1. The highest BCUT2D eigenvalue weighted by Gasteiger charge is 2.41. The third-order valence-electron chi connectivity index (χ3n) is 7.08. The predicted octanol–water partition coefficient (Wildman–Crippen LogP) is 5.57. The lowest BCUT2D eigenvalue weighted by atomic mass is 9.74. The van der Waals surface area contributed by atoms with E-state index in [1.807, 2.05) is 18.2 Å². The van der Waals surface area contributed by atoms with Crippen LogP contribution in [0.2, 0.25) is 5.02 Å². The van der Waals surface area contributed by atoms with Crippen LogP contribution in [0.15, 0.2) is 41.2 Å². The number of hydrogen-bond acceptors (Lipinski definition) is 6. The Kier molecular flexibility index (Phi) is 8.09. The van der Waals surface area contributed by atoms with E-state index < -0.39 is 17.5 Å². The molecule has 6 nitrogen and oxygen atoms in total.